The molecule has 1 aromatic heterocycles. The Balaban J connectivity index is 2.21. The molecule has 1 aliphatic rings. The van der Waals surface area contributed by atoms with E-state index in [-0.39, 0.29) is 5.91 Å². The molecule has 0 atom stereocenters. The Morgan fingerprint density at radius 3 is 2.81 bits per heavy atom. The first-order chi connectivity index (χ1) is 7.68. The van der Waals surface area contributed by atoms with E-state index >= 15 is 0 Å². The van der Waals surface area contributed by atoms with Gasteiger partial charge in [0, 0.05) is 32.5 Å². The molecular weight excluding hydrogens is 206 g/mol. The number of aromatic nitrogens is 2. The van der Waals surface area contributed by atoms with Crippen molar-refractivity contribution < 1.29 is 4.79 Å². The van der Waals surface area contributed by atoms with Crippen molar-refractivity contribution in [1.29, 1.82) is 0 Å². The second kappa shape index (κ2) is 4.34. The first-order valence-electron chi connectivity index (χ1n) is 5.24. The van der Waals surface area contributed by atoms with Crippen LogP contribution in [0.25, 0.3) is 0 Å². The summed E-state index contributed by atoms with van der Waals surface area (Å²) >= 11 is 0. The van der Waals surface area contributed by atoms with Gasteiger partial charge in [0.25, 0.3) is 0 Å². The van der Waals surface area contributed by atoms with Crippen molar-refractivity contribution >= 4 is 17.5 Å². The molecule has 2 rings (SSSR count). The van der Waals surface area contributed by atoms with Crippen LogP contribution in [0.2, 0.25) is 0 Å². The normalized spacial score (nSPS) is 17.4. The van der Waals surface area contributed by atoms with Gasteiger partial charge < -0.3 is 15.5 Å². The van der Waals surface area contributed by atoms with Crippen LogP contribution in [-0.2, 0) is 4.79 Å². The van der Waals surface area contributed by atoms with E-state index < -0.39 is 0 Å². The zero-order chi connectivity index (χ0) is 11.5. The van der Waals surface area contributed by atoms with Crippen molar-refractivity contribution in [2.45, 2.75) is 6.42 Å². The van der Waals surface area contributed by atoms with Gasteiger partial charge in [-0.25, -0.2) is 9.97 Å². The molecule has 1 amide bonds. The van der Waals surface area contributed by atoms with Crippen LogP contribution in [0.15, 0.2) is 12.4 Å². The lowest BCUT2D eigenvalue weighted by molar-refractivity contribution is -0.127. The first kappa shape index (κ1) is 10.7. The van der Waals surface area contributed by atoms with Crippen LogP contribution in [-0.4, -0.2) is 47.5 Å². The minimum atomic E-state index is 0.0857. The van der Waals surface area contributed by atoms with Gasteiger partial charge in [-0.3, -0.25) is 4.79 Å². The number of hydrogen-bond donors (Lipinski definition) is 1. The lowest BCUT2D eigenvalue weighted by atomic mass is 10.4. The van der Waals surface area contributed by atoms with Crippen molar-refractivity contribution in [3.05, 3.63) is 12.4 Å². The molecule has 1 aliphatic heterocycles. The number of likely N-dealkylation sites (N-methyl/N-ethyl adjacent to an activating group) is 1. The minimum Gasteiger partial charge on any atom is -0.381 e. The van der Waals surface area contributed by atoms with Crippen LogP contribution in [0.5, 0.6) is 0 Å². The highest BCUT2D eigenvalue weighted by molar-refractivity contribution is 5.82. The van der Waals surface area contributed by atoms with Crippen LogP contribution in [0, 0.1) is 0 Å². The third kappa shape index (κ3) is 2.05. The number of rotatable bonds is 1. The van der Waals surface area contributed by atoms with Crippen molar-refractivity contribution in [1.82, 2.24) is 14.9 Å². The number of hydrogen-bond acceptors (Lipinski definition) is 5. The van der Waals surface area contributed by atoms with Crippen LogP contribution >= 0.6 is 0 Å². The molecule has 0 aliphatic carbocycles. The molecule has 0 aromatic carbocycles. The van der Waals surface area contributed by atoms with Crippen molar-refractivity contribution in [3.63, 3.8) is 0 Å². The van der Waals surface area contributed by atoms with Crippen molar-refractivity contribution in [3.8, 4) is 0 Å². The van der Waals surface area contributed by atoms with Gasteiger partial charge >= 0.3 is 0 Å². The number of amides is 1. The van der Waals surface area contributed by atoms with Gasteiger partial charge in [-0.1, -0.05) is 0 Å². The zero-order valence-electron chi connectivity index (χ0n) is 9.26. The van der Waals surface area contributed by atoms with E-state index in [0.29, 0.717) is 18.2 Å². The Morgan fingerprint density at radius 1 is 1.31 bits per heavy atom. The van der Waals surface area contributed by atoms with E-state index in [0.717, 1.165) is 19.5 Å². The smallest absolute Gasteiger partial charge is 0.241 e. The standard InChI is InChI=1S/C10H15N5O/c1-14-5-2-6-15(7-8(14)16)10-9(11)12-3-4-13-10/h3-4H,2,5-7H2,1H3,(H2,11,12). The van der Waals surface area contributed by atoms with Gasteiger partial charge in [-0.05, 0) is 6.42 Å². The maximum atomic E-state index is 11.7. The zero-order valence-corrected chi connectivity index (χ0v) is 9.26. The average Bonchev–Trinajstić information content (AvgIpc) is 2.43. The number of nitrogens with zero attached hydrogens (tertiary/aromatic N) is 4. The van der Waals surface area contributed by atoms with E-state index in [1.807, 2.05) is 11.9 Å². The molecule has 0 spiro atoms. The highest BCUT2D eigenvalue weighted by Crippen LogP contribution is 2.18. The van der Waals surface area contributed by atoms with Gasteiger partial charge in [0.1, 0.15) is 0 Å². The quantitative estimate of drug-likeness (QED) is 0.706. The number of anilines is 2. The summed E-state index contributed by atoms with van der Waals surface area (Å²) < 4.78 is 0. The molecule has 6 nitrogen and oxygen atoms in total. The van der Waals surface area contributed by atoms with Crippen LogP contribution in [0.1, 0.15) is 6.42 Å². The van der Waals surface area contributed by atoms with Gasteiger partial charge in [0.15, 0.2) is 11.6 Å². The summed E-state index contributed by atoms with van der Waals surface area (Å²) in [5.74, 6) is 1.06. The number of carbonyl (C=O) groups is 1. The first-order valence-corrected chi connectivity index (χ1v) is 5.24. The van der Waals surface area contributed by atoms with Gasteiger partial charge in [0.05, 0.1) is 6.54 Å². The van der Waals surface area contributed by atoms with Crippen molar-refractivity contribution in [2.75, 3.05) is 37.3 Å². The Bertz CT molecular complexity index is 395. The highest BCUT2D eigenvalue weighted by atomic mass is 16.2. The van der Waals surface area contributed by atoms with Crippen LogP contribution < -0.4 is 10.6 Å². The topological polar surface area (TPSA) is 75.3 Å². The van der Waals surface area contributed by atoms with E-state index in [1.54, 1.807) is 17.3 Å². The largest absolute Gasteiger partial charge is 0.381 e. The predicted molar refractivity (Wildman–Crippen MR) is 60.9 cm³/mol. The monoisotopic (exact) mass is 221 g/mol. The lowest BCUT2D eigenvalue weighted by Gasteiger charge is -2.21. The third-order valence-electron chi connectivity index (χ3n) is 2.68. The number of nitrogens with two attached hydrogens (primary N) is 1. The molecule has 2 N–H and O–H groups in total. The molecule has 0 saturated carbocycles. The second-order valence-electron chi connectivity index (χ2n) is 3.86. The molecule has 86 valence electrons. The Morgan fingerprint density at radius 2 is 2.06 bits per heavy atom. The van der Waals surface area contributed by atoms with E-state index in [4.69, 9.17) is 5.73 Å². The summed E-state index contributed by atoms with van der Waals surface area (Å²) in [4.78, 5) is 23.5. The molecule has 6 heteroatoms. The molecule has 1 fully saturated rings. The summed E-state index contributed by atoms with van der Waals surface area (Å²) in [5.41, 5.74) is 5.74. The van der Waals surface area contributed by atoms with E-state index in [2.05, 4.69) is 9.97 Å². The third-order valence-corrected chi connectivity index (χ3v) is 2.68. The number of carbonyl (C=O) groups excluding carboxylic acids is 1. The Labute approximate surface area is 94.1 Å². The summed E-state index contributed by atoms with van der Waals surface area (Å²) in [6.45, 7) is 1.87. The summed E-state index contributed by atoms with van der Waals surface area (Å²) in [7, 11) is 1.81. The summed E-state index contributed by atoms with van der Waals surface area (Å²) in [6, 6.07) is 0. The van der Waals surface area contributed by atoms with Crippen molar-refractivity contribution in [2.24, 2.45) is 0 Å². The Hall–Kier alpha value is -1.85. The Kier molecular flexibility index (Phi) is 2.89. The number of nitrogen functional groups attached to an aromatic ring is 1. The SMILES string of the molecule is CN1CCCN(c2nccnc2N)CC1=O. The lowest BCUT2D eigenvalue weighted by Crippen LogP contribution is -2.35. The molecule has 1 aromatic rings. The highest BCUT2D eigenvalue weighted by Gasteiger charge is 2.21. The molecule has 0 bridgehead atoms. The van der Waals surface area contributed by atoms with E-state index in [1.165, 1.54) is 0 Å². The summed E-state index contributed by atoms with van der Waals surface area (Å²) in [5, 5.41) is 0. The molecule has 1 saturated heterocycles. The molecule has 16 heavy (non-hydrogen) atoms. The average molecular weight is 221 g/mol. The van der Waals surface area contributed by atoms with E-state index in [9.17, 15) is 4.79 Å². The molecule has 0 unspecified atom stereocenters. The van der Waals surface area contributed by atoms with Gasteiger partial charge in [0.2, 0.25) is 5.91 Å². The fraction of sp³-hybridized carbons (Fsp3) is 0.500. The van der Waals surface area contributed by atoms with Gasteiger partial charge in [-0.15, -0.1) is 0 Å². The molecule has 0 radical (unpaired) electrons. The van der Waals surface area contributed by atoms with Crippen LogP contribution in [0.4, 0.5) is 11.6 Å². The maximum Gasteiger partial charge on any atom is 0.241 e. The fourth-order valence-corrected chi connectivity index (χ4v) is 1.75. The maximum absolute atomic E-state index is 11.7. The molecular formula is C10H15N5O. The van der Waals surface area contributed by atoms with Gasteiger partial charge in [-0.2, -0.15) is 0 Å². The minimum absolute atomic E-state index is 0.0857. The molecule has 2 heterocycles. The fourth-order valence-electron chi connectivity index (χ4n) is 1.75. The summed E-state index contributed by atoms with van der Waals surface area (Å²) in [6.07, 6.45) is 4.05. The predicted octanol–water partition coefficient (Wildman–Crippen LogP) is -0.273. The second-order valence-corrected chi connectivity index (χ2v) is 3.86. The van der Waals surface area contributed by atoms with Crippen LogP contribution in [0.3, 0.4) is 0 Å².